The predicted octanol–water partition coefficient (Wildman–Crippen LogP) is 12.7. The fourth-order valence-corrected chi connectivity index (χ4v) is 14.6. The fraction of sp³-hybridized carbons (Fsp3) is 0.704. The minimum Gasteiger partial charge on any atom is -0.477 e. The zero-order valence-corrected chi connectivity index (χ0v) is 42.6. The van der Waals surface area contributed by atoms with Gasteiger partial charge in [0.2, 0.25) is 11.8 Å². The number of methoxy groups -OCH3 is 2. The highest BCUT2D eigenvalue weighted by atomic mass is 32.1. The van der Waals surface area contributed by atoms with Crippen LogP contribution in [0.25, 0.3) is 11.1 Å². The maximum Gasteiger partial charge on any atom is 0.348 e. The van der Waals surface area contributed by atoms with E-state index in [9.17, 15) is 24.6 Å². The molecule has 374 valence electrons. The molecule has 1 atom stereocenters. The third-order valence-corrected chi connectivity index (χ3v) is 18.7. The molecule has 2 aromatic heterocycles. The maximum atomic E-state index is 15.3. The van der Waals surface area contributed by atoms with Crippen molar-refractivity contribution in [2.45, 2.75) is 192 Å². The second-order valence-electron chi connectivity index (χ2n) is 21.0. The van der Waals surface area contributed by atoms with Gasteiger partial charge in [0.25, 0.3) is 0 Å². The van der Waals surface area contributed by atoms with Crippen LogP contribution in [0.2, 0.25) is 0 Å². The Morgan fingerprint density at radius 1 is 0.618 bits per heavy atom. The average Bonchev–Trinajstić information content (AvgIpc) is 3.98. The molecule has 0 aromatic carbocycles. The molecule has 0 radical (unpaired) electrons. The van der Waals surface area contributed by atoms with Gasteiger partial charge in [-0.1, -0.05) is 26.0 Å². The molecule has 2 amide bonds. The number of hydrogen-bond donors (Lipinski definition) is 2. The van der Waals surface area contributed by atoms with Gasteiger partial charge in [0.05, 0.1) is 23.6 Å². The van der Waals surface area contributed by atoms with Gasteiger partial charge in [-0.25, -0.2) is 9.59 Å². The molecule has 0 aliphatic heterocycles. The van der Waals surface area contributed by atoms with Gasteiger partial charge < -0.3 is 39.0 Å². The van der Waals surface area contributed by atoms with E-state index in [2.05, 4.69) is 26.0 Å². The van der Waals surface area contributed by atoms with Crippen LogP contribution in [0, 0.1) is 23.7 Å². The van der Waals surface area contributed by atoms with Crippen LogP contribution in [0.1, 0.15) is 202 Å². The van der Waals surface area contributed by atoms with E-state index in [-0.39, 0.29) is 77.2 Å². The monoisotopic (exact) mass is 976 g/mol. The first kappa shape index (κ1) is 51.0. The van der Waals surface area contributed by atoms with E-state index in [1.807, 2.05) is 15.9 Å². The van der Waals surface area contributed by atoms with Crippen molar-refractivity contribution in [1.82, 2.24) is 0 Å². The van der Waals surface area contributed by atoms with Crippen molar-refractivity contribution in [3.8, 4) is 0 Å². The standard InChI is InChI=1S/C54H76N2O10S2/c1-33-13-17-36(18-14-33)51(57)55(40-21-25-42(26-22-40)65-31-63-3)44-30-45(67-49(44)53(59)60)38-11-8-12-39(29-38)46-47(50(54(61)62)68-48(46)35-9-6-5-7-10-35)56(52(58)37-19-15-34(2)16-20-37)41-23-27-43(28-24-41)66-32-64-4/h9,29-30,33-34,36-37,39-43H,5-8,10-28,31-32H2,1-4H3,(H,59,60)(H,61,62). The summed E-state index contributed by atoms with van der Waals surface area (Å²) in [5.41, 5.74) is 4.20. The lowest BCUT2D eigenvalue weighted by Crippen LogP contribution is -2.47. The van der Waals surface area contributed by atoms with E-state index in [1.54, 1.807) is 14.2 Å². The molecule has 0 spiro atoms. The van der Waals surface area contributed by atoms with Crippen LogP contribution in [0.5, 0.6) is 0 Å². The van der Waals surface area contributed by atoms with Crippen molar-refractivity contribution >= 4 is 68.9 Å². The van der Waals surface area contributed by atoms with Crippen LogP contribution in [-0.2, 0) is 28.5 Å². The first-order valence-electron chi connectivity index (χ1n) is 26.0. The molecule has 6 aliphatic rings. The first-order chi connectivity index (χ1) is 32.9. The summed E-state index contributed by atoms with van der Waals surface area (Å²) in [4.78, 5) is 63.3. The molecule has 2 heterocycles. The maximum absolute atomic E-state index is 15.3. The number of thiophene rings is 2. The van der Waals surface area contributed by atoms with Crippen molar-refractivity contribution in [1.29, 1.82) is 0 Å². The Labute approximate surface area is 411 Å². The molecule has 2 aromatic rings. The summed E-state index contributed by atoms with van der Waals surface area (Å²) in [6.45, 7) is 4.93. The van der Waals surface area contributed by atoms with E-state index in [0.29, 0.717) is 48.9 Å². The highest BCUT2D eigenvalue weighted by molar-refractivity contribution is 7.16. The molecule has 8 rings (SSSR count). The highest BCUT2D eigenvalue weighted by Gasteiger charge is 2.43. The average molecular weight is 977 g/mol. The van der Waals surface area contributed by atoms with Crippen molar-refractivity contribution in [2.24, 2.45) is 23.7 Å². The molecule has 4 fully saturated rings. The zero-order valence-electron chi connectivity index (χ0n) is 41.0. The van der Waals surface area contributed by atoms with Crippen molar-refractivity contribution in [3.05, 3.63) is 43.3 Å². The molecule has 68 heavy (non-hydrogen) atoms. The SMILES string of the molecule is COCOC1CCC(N(C(=O)C2CCC(C)CC2)c2cc(C3=CC(c4c(C5=CCCCC5)sc(C(=O)O)c4N(C(=O)C4CCC(C)CC4)C4CCC(OCOC)CC4)CCC3)sc2C(=O)O)CC1. The van der Waals surface area contributed by atoms with Crippen LogP contribution < -0.4 is 9.80 Å². The number of aromatic carboxylic acids is 2. The fourth-order valence-electron chi connectivity index (χ4n) is 12.3. The topological polar surface area (TPSA) is 152 Å². The smallest absolute Gasteiger partial charge is 0.348 e. The van der Waals surface area contributed by atoms with E-state index >= 15 is 4.79 Å². The molecule has 12 nitrogen and oxygen atoms in total. The van der Waals surface area contributed by atoms with Gasteiger partial charge in [-0.2, -0.15) is 0 Å². The molecule has 6 aliphatic carbocycles. The number of anilines is 2. The number of nitrogens with zero attached hydrogens (tertiary/aromatic N) is 2. The number of amides is 2. The zero-order chi connectivity index (χ0) is 47.9. The van der Waals surface area contributed by atoms with Gasteiger partial charge in [0, 0.05) is 59.4 Å². The molecule has 2 N–H and O–H groups in total. The number of ether oxygens (including phenoxy) is 4. The Bertz CT molecular complexity index is 2130. The van der Waals surface area contributed by atoms with Crippen LogP contribution in [0.4, 0.5) is 11.4 Å². The van der Waals surface area contributed by atoms with Crippen molar-refractivity contribution < 1.29 is 48.3 Å². The summed E-state index contributed by atoms with van der Waals surface area (Å²) >= 11 is 2.60. The number of hydrogen-bond acceptors (Lipinski definition) is 10. The minimum atomic E-state index is -1.04. The van der Waals surface area contributed by atoms with Crippen molar-refractivity contribution in [2.75, 3.05) is 37.6 Å². The molecule has 0 bridgehead atoms. The number of allylic oxidation sites excluding steroid dienone is 4. The Balaban J connectivity index is 1.21. The van der Waals surface area contributed by atoms with E-state index < -0.39 is 11.9 Å². The number of carboxylic acid groups (broad SMARTS) is 2. The van der Waals surface area contributed by atoms with Crippen LogP contribution in [-0.4, -0.2) is 86.1 Å². The molecule has 4 saturated carbocycles. The van der Waals surface area contributed by atoms with Crippen LogP contribution in [0.15, 0.2) is 18.2 Å². The van der Waals surface area contributed by atoms with Gasteiger partial charge in [-0.15, -0.1) is 22.7 Å². The summed E-state index contributed by atoms with van der Waals surface area (Å²) in [6.07, 6.45) is 23.8. The quantitative estimate of drug-likeness (QED) is 0.147. The molecular formula is C54H76N2O10S2. The second kappa shape index (κ2) is 23.7. The Kier molecular flexibility index (Phi) is 17.7. The van der Waals surface area contributed by atoms with E-state index in [4.69, 9.17) is 18.9 Å². The molecule has 0 saturated heterocycles. The number of carboxylic acids is 2. The van der Waals surface area contributed by atoms with Gasteiger partial charge in [0.15, 0.2) is 0 Å². The number of rotatable bonds is 17. The number of carbonyl (C=O) groups is 4. The lowest BCUT2D eigenvalue weighted by atomic mass is 9.80. The minimum absolute atomic E-state index is 0.0141. The lowest BCUT2D eigenvalue weighted by Gasteiger charge is -2.40. The Hall–Kier alpha value is -3.40. The summed E-state index contributed by atoms with van der Waals surface area (Å²) in [5.74, 6) is -1.37. The first-order valence-corrected chi connectivity index (χ1v) is 27.6. The van der Waals surface area contributed by atoms with Gasteiger partial charge >= 0.3 is 11.9 Å². The summed E-state index contributed by atoms with van der Waals surface area (Å²) in [6, 6.07) is 1.65. The van der Waals surface area contributed by atoms with Gasteiger partial charge in [-0.05, 0) is 177 Å². The highest BCUT2D eigenvalue weighted by Crippen LogP contribution is 2.52. The Morgan fingerprint density at radius 3 is 1.66 bits per heavy atom. The van der Waals surface area contributed by atoms with E-state index in [1.165, 1.54) is 28.2 Å². The molecular weight excluding hydrogens is 901 g/mol. The largest absolute Gasteiger partial charge is 0.477 e. The normalized spacial score (nSPS) is 29.1. The van der Waals surface area contributed by atoms with Crippen molar-refractivity contribution in [3.63, 3.8) is 0 Å². The third kappa shape index (κ3) is 11.7. The molecule has 1 unspecified atom stereocenters. The Morgan fingerprint density at radius 2 is 1.15 bits per heavy atom. The molecule has 14 heteroatoms. The van der Waals surface area contributed by atoms with Gasteiger partial charge in [-0.3, -0.25) is 9.59 Å². The third-order valence-electron chi connectivity index (χ3n) is 16.2. The summed E-state index contributed by atoms with van der Waals surface area (Å²) in [7, 11) is 3.24. The van der Waals surface area contributed by atoms with Crippen LogP contribution in [0.3, 0.4) is 0 Å². The van der Waals surface area contributed by atoms with E-state index in [0.717, 1.165) is 143 Å². The van der Waals surface area contributed by atoms with Gasteiger partial charge in [0.1, 0.15) is 23.3 Å². The summed E-state index contributed by atoms with van der Waals surface area (Å²) in [5, 5.41) is 22.1. The number of carbonyl (C=O) groups excluding carboxylic acids is 2. The summed E-state index contributed by atoms with van der Waals surface area (Å²) < 4.78 is 22.4. The van der Waals surface area contributed by atoms with Crippen LogP contribution >= 0.6 is 22.7 Å². The second-order valence-corrected chi connectivity index (χ2v) is 23.0. The lowest BCUT2D eigenvalue weighted by molar-refractivity contribution is -0.125. The predicted molar refractivity (Wildman–Crippen MR) is 269 cm³/mol.